The van der Waals surface area contributed by atoms with Gasteiger partial charge in [-0.1, -0.05) is 50.1 Å². The minimum absolute atomic E-state index is 0. The van der Waals surface area contributed by atoms with E-state index in [2.05, 4.69) is 69.3 Å². The van der Waals surface area contributed by atoms with Crippen molar-refractivity contribution >= 4 is 5.57 Å². The number of allylic oxidation sites excluding steroid dienone is 8. The Hall–Kier alpha value is -0.357. The summed E-state index contributed by atoms with van der Waals surface area (Å²) in [4.78, 5) is 0. The van der Waals surface area contributed by atoms with Gasteiger partial charge in [-0.2, -0.15) is 17.7 Å². The van der Waals surface area contributed by atoms with E-state index in [1.54, 1.807) is 0 Å². The monoisotopic (exact) mass is 408 g/mol. The fraction of sp³-hybridized carbons (Fsp3) is 0.263. The molecule has 0 saturated heterocycles. The van der Waals surface area contributed by atoms with Crippen LogP contribution >= 0.6 is 0 Å². The summed E-state index contributed by atoms with van der Waals surface area (Å²) in [5.74, 6) is 0.468. The molecule has 0 saturated carbocycles. The van der Waals surface area contributed by atoms with E-state index in [0.29, 0.717) is 5.92 Å². The molecule has 1 atom stereocenters. The molecule has 0 amide bonds. The van der Waals surface area contributed by atoms with Gasteiger partial charge in [-0.15, -0.1) is 18.9 Å². The maximum atomic E-state index is 3.39. The molecule has 0 aromatic heterocycles. The van der Waals surface area contributed by atoms with Crippen molar-refractivity contribution in [2.45, 2.75) is 27.2 Å². The van der Waals surface area contributed by atoms with Gasteiger partial charge >= 0.3 is 26.2 Å². The molecule has 3 heteroatoms. The quantitative estimate of drug-likeness (QED) is 0.531. The molecule has 1 aromatic rings. The largest absolute Gasteiger partial charge is 4.00 e. The molecule has 1 aromatic carbocycles. The van der Waals surface area contributed by atoms with Crippen LogP contribution in [-0.4, -0.2) is 0 Å². The summed E-state index contributed by atoms with van der Waals surface area (Å²) in [6.07, 6.45) is 13.9. The maximum absolute atomic E-state index is 3.39. The van der Waals surface area contributed by atoms with Gasteiger partial charge in [0.25, 0.3) is 0 Å². The number of halogens is 2. The van der Waals surface area contributed by atoms with Crippen LogP contribution in [0.3, 0.4) is 0 Å². The zero-order valence-electron chi connectivity index (χ0n) is 13.2. The van der Waals surface area contributed by atoms with Gasteiger partial charge < -0.3 is 24.8 Å². The molecular weight excluding hydrogens is 390 g/mol. The fourth-order valence-electron chi connectivity index (χ4n) is 2.27. The summed E-state index contributed by atoms with van der Waals surface area (Å²) in [6.45, 7) is 6.38. The third-order valence-electron chi connectivity index (χ3n) is 3.22. The van der Waals surface area contributed by atoms with E-state index in [9.17, 15) is 0 Å². The van der Waals surface area contributed by atoms with Gasteiger partial charge in [-0.05, 0) is 0 Å². The van der Waals surface area contributed by atoms with Crippen LogP contribution in [0.1, 0.15) is 32.8 Å². The van der Waals surface area contributed by atoms with Crippen molar-refractivity contribution < 1.29 is 51.0 Å². The molecule has 0 fully saturated rings. The van der Waals surface area contributed by atoms with E-state index in [1.807, 2.05) is 12.1 Å². The second kappa shape index (κ2) is 12.1. The van der Waals surface area contributed by atoms with Gasteiger partial charge in [-0.25, -0.2) is 17.2 Å². The van der Waals surface area contributed by atoms with Crippen molar-refractivity contribution in [2.24, 2.45) is 5.92 Å². The predicted molar refractivity (Wildman–Crippen MR) is 82.2 cm³/mol. The molecule has 2 aliphatic rings. The Balaban J connectivity index is 0. The third kappa shape index (κ3) is 7.27. The topological polar surface area (TPSA) is 0 Å². The minimum atomic E-state index is 0. The first-order valence-electron chi connectivity index (χ1n) is 6.78. The van der Waals surface area contributed by atoms with Crippen LogP contribution in [0.2, 0.25) is 0 Å². The fourth-order valence-corrected chi connectivity index (χ4v) is 2.27. The predicted octanol–water partition coefficient (Wildman–Crippen LogP) is -0.830. The normalized spacial score (nSPS) is 17.6. The molecule has 1 unspecified atom stereocenters. The first kappa shape index (κ1) is 23.9. The van der Waals surface area contributed by atoms with Crippen LogP contribution in [-0.2, 0) is 26.2 Å². The summed E-state index contributed by atoms with van der Waals surface area (Å²) in [6, 6.07) is 10.5. The molecule has 0 nitrogen and oxygen atoms in total. The Morgan fingerprint density at radius 2 is 1.68 bits per heavy atom. The Bertz CT molecular complexity index is 551. The average molecular weight is 410 g/mol. The second-order valence-electron chi connectivity index (χ2n) is 5.01. The Kier molecular flexibility index (Phi) is 13.2. The zero-order chi connectivity index (χ0) is 13.7. The van der Waals surface area contributed by atoms with Crippen molar-refractivity contribution in [2.75, 3.05) is 0 Å². The number of rotatable bonds is 1. The minimum Gasteiger partial charge on any atom is -1.00 e. The molecule has 0 radical (unpaired) electrons. The standard InChI is InChI=1S/C13H13.C6H7.2ClH.Zr/c1-10-8-11(2)13(9-10)12-6-4-3-5-7-12;1-6-4-2-3-5-6;;;/h3-7,9-10H,1-2H3;4-5H,2H2,1H3;2*1H;/q2*-1;;;+4/p-2. The van der Waals surface area contributed by atoms with Crippen molar-refractivity contribution in [3.63, 3.8) is 0 Å². The first-order valence-corrected chi connectivity index (χ1v) is 6.78. The second-order valence-corrected chi connectivity index (χ2v) is 5.01. The molecule has 0 spiro atoms. The van der Waals surface area contributed by atoms with Crippen LogP contribution in [0.4, 0.5) is 0 Å². The van der Waals surface area contributed by atoms with E-state index >= 15 is 0 Å². The van der Waals surface area contributed by atoms with Gasteiger partial charge in [0, 0.05) is 0 Å². The third-order valence-corrected chi connectivity index (χ3v) is 3.22. The molecule has 22 heavy (non-hydrogen) atoms. The molecular formula is C19H20Cl2Zr. The number of hydrogen-bond acceptors (Lipinski definition) is 0. The van der Waals surface area contributed by atoms with E-state index in [1.165, 1.54) is 22.3 Å². The van der Waals surface area contributed by atoms with Crippen LogP contribution in [0.15, 0.2) is 59.7 Å². The molecule has 3 rings (SSSR count). The van der Waals surface area contributed by atoms with Gasteiger partial charge in [0.1, 0.15) is 0 Å². The molecule has 0 aliphatic heterocycles. The Morgan fingerprint density at radius 3 is 2.05 bits per heavy atom. The Morgan fingerprint density at radius 1 is 1.05 bits per heavy atom. The van der Waals surface area contributed by atoms with Crippen LogP contribution < -0.4 is 24.8 Å². The summed E-state index contributed by atoms with van der Waals surface area (Å²) < 4.78 is 0. The van der Waals surface area contributed by atoms with Gasteiger partial charge in [0.05, 0.1) is 0 Å². The van der Waals surface area contributed by atoms with Crippen molar-refractivity contribution in [3.05, 3.63) is 77.4 Å². The van der Waals surface area contributed by atoms with Crippen LogP contribution in [0, 0.1) is 18.1 Å². The summed E-state index contributed by atoms with van der Waals surface area (Å²) in [5.41, 5.74) is 5.26. The molecule has 0 bridgehead atoms. The van der Waals surface area contributed by atoms with Gasteiger partial charge in [-0.3, -0.25) is 12.2 Å². The van der Waals surface area contributed by atoms with Crippen molar-refractivity contribution in [3.8, 4) is 0 Å². The number of hydrogen-bond donors (Lipinski definition) is 0. The average Bonchev–Trinajstić information content (AvgIpc) is 3.00. The summed E-state index contributed by atoms with van der Waals surface area (Å²) in [5, 5.41) is 0. The van der Waals surface area contributed by atoms with Crippen LogP contribution in [0.25, 0.3) is 5.57 Å². The summed E-state index contributed by atoms with van der Waals surface area (Å²) in [7, 11) is 0. The first-order chi connectivity index (χ1) is 9.16. The molecule has 114 valence electrons. The smallest absolute Gasteiger partial charge is 1.00 e. The maximum Gasteiger partial charge on any atom is 4.00 e. The Labute approximate surface area is 166 Å². The van der Waals surface area contributed by atoms with E-state index in [-0.39, 0.29) is 51.0 Å². The number of benzene rings is 1. The molecule has 2 aliphatic carbocycles. The van der Waals surface area contributed by atoms with Gasteiger partial charge in [0.2, 0.25) is 0 Å². The molecule has 0 N–H and O–H groups in total. The molecule has 0 heterocycles. The van der Waals surface area contributed by atoms with E-state index in [0.717, 1.165) is 6.42 Å². The zero-order valence-corrected chi connectivity index (χ0v) is 17.1. The SMILES string of the molecule is CC1=CC[C-]=C1.CC1=[C-]C(C)C=C1c1ccccc1.[Cl-].[Cl-].[Zr+4]. The van der Waals surface area contributed by atoms with Crippen molar-refractivity contribution in [1.82, 2.24) is 0 Å². The van der Waals surface area contributed by atoms with E-state index < -0.39 is 0 Å². The van der Waals surface area contributed by atoms with E-state index in [4.69, 9.17) is 0 Å². The van der Waals surface area contributed by atoms with Gasteiger partial charge in [0.15, 0.2) is 0 Å². The summed E-state index contributed by atoms with van der Waals surface area (Å²) >= 11 is 0. The van der Waals surface area contributed by atoms with Crippen LogP contribution in [0.5, 0.6) is 0 Å². The van der Waals surface area contributed by atoms with Crippen molar-refractivity contribution in [1.29, 1.82) is 0 Å².